The van der Waals surface area contributed by atoms with E-state index >= 15 is 0 Å². The van der Waals surface area contributed by atoms with Crippen molar-refractivity contribution in [2.75, 3.05) is 7.11 Å². The molecule has 3 rings (SSSR count). The summed E-state index contributed by atoms with van der Waals surface area (Å²) in [6, 6.07) is 14.9. The van der Waals surface area contributed by atoms with Crippen molar-refractivity contribution in [3.05, 3.63) is 63.9 Å². The Morgan fingerprint density at radius 3 is 2.87 bits per heavy atom. The van der Waals surface area contributed by atoms with Gasteiger partial charge in [0.2, 0.25) is 4.77 Å². The van der Waals surface area contributed by atoms with Gasteiger partial charge < -0.3 is 4.74 Å². The number of rotatable bonds is 4. The van der Waals surface area contributed by atoms with Crippen LogP contribution in [0, 0.1) is 4.77 Å². The summed E-state index contributed by atoms with van der Waals surface area (Å²) in [7, 11) is 1.62. The van der Waals surface area contributed by atoms with Gasteiger partial charge in [0.05, 0.1) is 13.3 Å². The first-order chi connectivity index (χ1) is 11.2. The van der Waals surface area contributed by atoms with Crippen molar-refractivity contribution < 1.29 is 4.74 Å². The first-order valence-corrected chi connectivity index (χ1v) is 7.58. The van der Waals surface area contributed by atoms with Crippen LogP contribution in [0.1, 0.15) is 5.56 Å². The van der Waals surface area contributed by atoms with Crippen molar-refractivity contribution >= 4 is 30.0 Å². The number of aromatic amines is 1. The molecule has 23 heavy (non-hydrogen) atoms. The third kappa shape index (κ3) is 3.33. The normalized spacial score (nSPS) is 11.0. The monoisotopic (exact) mass is 344 g/mol. The summed E-state index contributed by atoms with van der Waals surface area (Å²) in [6.07, 6.45) is 1.68. The van der Waals surface area contributed by atoms with Crippen LogP contribution in [-0.2, 0) is 0 Å². The van der Waals surface area contributed by atoms with Crippen molar-refractivity contribution in [1.82, 2.24) is 14.9 Å². The van der Waals surface area contributed by atoms with Gasteiger partial charge >= 0.3 is 0 Å². The van der Waals surface area contributed by atoms with Gasteiger partial charge in [-0.2, -0.15) is 14.9 Å². The molecule has 0 radical (unpaired) electrons. The smallest absolute Gasteiger partial charge is 0.216 e. The number of nitrogens with zero attached hydrogens (tertiary/aromatic N) is 3. The highest BCUT2D eigenvalue weighted by atomic mass is 35.5. The molecule has 5 nitrogen and oxygen atoms in total. The lowest BCUT2D eigenvalue weighted by atomic mass is 10.2. The number of ether oxygens (including phenoxy) is 1. The van der Waals surface area contributed by atoms with Crippen LogP contribution in [0.3, 0.4) is 0 Å². The van der Waals surface area contributed by atoms with Gasteiger partial charge in [0.25, 0.3) is 0 Å². The molecule has 116 valence electrons. The molecule has 3 aromatic rings. The number of aromatic nitrogens is 3. The Morgan fingerprint density at radius 1 is 1.26 bits per heavy atom. The van der Waals surface area contributed by atoms with E-state index in [1.165, 1.54) is 0 Å². The second kappa shape index (κ2) is 6.76. The van der Waals surface area contributed by atoms with Gasteiger partial charge in [-0.05, 0) is 36.5 Å². The third-order valence-corrected chi connectivity index (χ3v) is 3.68. The molecule has 7 heteroatoms. The second-order valence-electron chi connectivity index (χ2n) is 4.66. The van der Waals surface area contributed by atoms with E-state index in [4.69, 9.17) is 28.6 Å². The summed E-state index contributed by atoms with van der Waals surface area (Å²) in [6.45, 7) is 0. The number of benzene rings is 2. The van der Waals surface area contributed by atoms with Crippen molar-refractivity contribution in [2.24, 2.45) is 5.10 Å². The summed E-state index contributed by atoms with van der Waals surface area (Å²) < 4.78 is 7.25. The number of hydrogen-bond donors (Lipinski definition) is 1. The molecule has 0 aliphatic heterocycles. The minimum absolute atomic E-state index is 0.395. The van der Waals surface area contributed by atoms with E-state index in [1.54, 1.807) is 24.1 Å². The Labute approximate surface area is 143 Å². The standard InChI is InChI=1S/C16H13ClN4OS/c1-22-14-8-3-2-5-12(14)10-18-21-15(19-20-16(21)23)11-6-4-7-13(17)9-11/h2-10H,1H3,(H,20,23). The van der Waals surface area contributed by atoms with Crippen LogP contribution in [0.2, 0.25) is 5.02 Å². The van der Waals surface area contributed by atoms with E-state index < -0.39 is 0 Å². The summed E-state index contributed by atoms with van der Waals surface area (Å²) >= 11 is 11.3. The maximum absolute atomic E-state index is 6.04. The molecule has 1 heterocycles. The Morgan fingerprint density at radius 2 is 2.09 bits per heavy atom. The van der Waals surface area contributed by atoms with E-state index in [-0.39, 0.29) is 0 Å². The van der Waals surface area contributed by atoms with Crippen LogP contribution in [0.15, 0.2) is 53.6 Å². The van der Waals surface area contributed by atoms with Gasteiger partial charge in [-0.15, -0.1) is 0 Å². The fraction of sp³-hybridized carbons (Fsp3) is 0.0625. The zero-order chi connectivity index (χ0) is 16.2. The van der Waals surface area contributed by atoms with Gasteiger partial charge in [0.1, 0.15) is 5.75 Å². The van der Waals surface area contributed by atoms with E-state index in [1.807, 2.05) is 42.5 Å². The van der Waals surface area contributed by atoms with Crippen LogP contribution in [0.4, 0.5) is 0 Å². The Bertz CT molecular complexity index is 916. The quantitative estimate of drug-likeness (QED) is 0.571. The maximum atomic E-state index is 6.04. The van der Waals surface area contributed by atoms with Gasteiger partial charge in [-0.3, -0.25) is 0 Å². The molecule has 0 spiro atoms. The minimum atomic E-state index is 0.395. The molecule has 0 saturated carbocycles. The molecule has 0 fully saturated rings. The number of methoxy groups -OCH3 is 1. The predicted octanol–water partition coefficient (Wildman–Crippen LogP) is 4.15. The topological polar surface area (TPSA) is 55.2 Å². The number of nitrogens with one attached hydrogen (secondary N) is 1. The largest absolute Gasteiger partial charge is 0.496 e. The van der Waals surface area contributed by atoms with Crippen LogP contribution >= 0.6 is 23.8 Å². The number of H-pyrrole nitrogens is 1. The lowest BCUT2D eigenvalue weighted by molar-refractivity contribution is 0.414. The molecule has 0 aliphatic carbocycles. The van der Waals surface area contributed by atoms with Gasteiger partial charge in [-0.1, -0.05) is 35.9 Å². The number of para-hydroxylation sites is 1. The summed E-state index contributed by atoms with van der Waals surface area (Å²) in [5, 5.41) is 12.0. The highest BCUT2D eigenvalue weighted by molar-refractivity contribution is 7.71. The molecule has 0 saturated heterocycles. The first-order valence-electron chi connectivity index (χ1n) is 6.80. The lowest BCUT2D eigenvalue weighted by Crippen LogP contribution is -1.96. The molecule has 0 atom stereocenters. The molecule has 1 N–H and O–H groups in total. The van der Waals surface area contributed by atoms with E-state index in [0.717, 1.165) is 16.9 Å². The lowest BCUT2D eigenvalue weighted by Gasteiger charge is -2.04. The Balaban J connectivity index is 2.03. The minimum Gasteiger partial charge on any atom is -0.496 e. The first kappa shape index (κ1) is 15.5. The maximum Gasteiger partial charge on any atom is 0.216 e. The predicted molar refractivity (Wildman–Crippen MR) is 93.8 cm³/mol. The molecule has 0 bridgehead atoms. The fourth-order valence-corrected chi connectivity index (χ4v) is 2.48. The Hall–Kier alpha value is -2.44. The summed E-state index contributed by atoms with van der Waals surface area (Å²) in [5.41, 5.74) is 1.66. The molecule has 0 aliphatic rings. The SMILES string of the molecule is COc1ccccc1C=Nn1c(-c2cccc(Cl)c2)n[nH]c1=S. The average molecular weight is 345 g/mol. The zero-order valence-electron chi connectivity index (χ0n) is 12.2. The Kier molecular flexibility index (Phi) is 4.55. The highest BCUT2D eigenvalue weighted by Gasteiger charge is 2.08. The van der Waals surface area contributed by atoms with Crippen LogP contribution < -0.4 is 4.74 Å². The molecule has 1 aromatic heterocycles. The summed E-state index contributed by atoms with van der Waals surface area (Å²) in [4.78, 5) is 0. The van der Waals surface area contributed by atoms with Gasteiger partial charge in [0.15, 0.2) is 5.82 Å². The fourth-order valence-electron chi connectivity index (χ4n) is 2.11. The van der Waals surface area contributed by atoms with Crippen LogP contribution in [0.5, 0.6) is 5.75 Å². The highest BCUT2D eigenvalue weighted by Crippen LogP contribution is 2.21. The molecule has 0 unspecified atom stereocenters. The second-order valence-corrected chi connectivity index (χ2v) is 5.48. The number of hydrogen-bond acceptors (Lipinski definition) is 4. The molecule has 0 amide bonds. The van der Waals surface area contributed by atoms with Gasteiger partial charge in [-0.25, -0.2) is 5.10 Å². The van der Waals surface area contributed by atoms with Crippen molar-refractivity contribution in [2.45, 2.75) is 0 Å². The zero-order valence-corrected chi connectivity index (χ0v) is 13.8. The average Bonchev–Trinajstić information content (AvgIpc) is 2.94. The van der Waals surface area contributed by atoms with Crippen molar-refractivity contribution in [1.29, 1.82) is 0 Å². The van der Waals surface area contributed by atoms with Crippen LogP contribution in [-0.4, -0.2) is 28.2 Å². The summed E-state index contributed by atoms with van der Waals surface area (Å²) in [5.74, 6) is 1.32. The number of halogens is 1. The third-order valence-electron chi connectivity index (χ3n) is 3.18. The molecular weight excluding hydrogens is 332 g/mol. The molecule has 2 aromatic carbocycles. The van der Waals surface area contributed by atoms with Crippen LogP contribution in [0.25, 0.3) is 11.4 Å². The molecular formula is C16H13ClN4OS. The van der Waals surface area contributed by atoms with E-state index in [2.05, 4.69) is 15.3 Å². The van der Waals surface area contributed by atoms with Gasteiger partial charge in [0, 0.05) is 16.1 Å². The van der Waals surface area contributed by atoms with E-state index in [9.17, 15) is 0 Å². The van der Waals surface area contributed by atoms with E-state index in [0.29, 0.717) is 15.6 Å². The van der Waals surface area contributed by atoms with Crippen molar-refractivity contribution in [3.63, 3.8) is 0 Å². The van der Waals surface area contributed by atoms with Crippen molar-refractivity contribution in [3.8, 4) is 17.1 Å².